The number of carbonyl (C=O) groups is 2. The number of amides is 1. The standard InChI is InChI=1S/C21H25NO4/c1-16(2)26-19-10-8-18(9-11-19)22-20(23)12-13-21(24)25-15-14-17-6-4-3-5-7-17/h3-11,16H,12-15H2,1-2H3,(H,22,23). The Balaban J connectivity index is 1.65. The molecule has 0 heterocycles. The van der Waals surface area contributed by atoms with Gasteiger partial charge in [0.15, 0.2) is 0 Å². The molecule has 0 saturated heterocycles. The maximum absolute atomic E-state index is 11.9. The summed E-state index contributed by atoms with van der Waals surface area (Å²) < 4.78 is 10.7. The van der Waals surface area contributed by atoms with Crippen LogP contribution in [0.1, 0.15) is 32.3 Å². The monoisotopic (exact) mass is 355 g/mol. The summed E-state index contributed by atoms with van der Waals surface area (Å²) in [5.74, 6) is 0.166. The molecule has 0 aliphatic rings. The minimum absolute atomic E-state index is 0.0646. The summed E-state index contributed by atoms with van der Waals surface area (Å²) >= 11 is 0. The van der Waals surface area contributed by atoms with E-state index in [1.807, 2.05) is 44.2 Å². The van der Waals surface area contributed by atoms with Crippen LogP contribution < -0.4 is 10.1 Å². The zero-order valence-electron chi connectivity index (χ0n) is 15.2. The first-order valence-electron chi connectivity index (χ1n) is 8.79. The topological polar surface area (TPSA) is 64.6 Å². The molecule has 2 aromatic carbocycles. The number of rotatable bonds is 9. The summed E-state index contributed by atoms with van der Waals surface area (Å²) in [5, 5.41) is 2.76. The quantitative estimate of drug-likeness (QED) is 0.691. The van der Waals surface area contributed by atoms with Crippen molar-refractivity contribution in [2.45, 2.75) is 39.2 Å². The minimum Gasteiger partial charge on any atom is -0.491 e. The molecule has 138 valence electrons. The van der Waals surface area contributed by atoms with Gasteiger partial charge in [0.2, 0.25) is 5.91 Å². The molecule has 1 amide bonds. The molecule has 2 rings (SSSR count). The molecule has 0 atom stereocenters. The third-order valence-corrected chi connectivity index (χ3v) is 3.56. The van der Waals surface area contributed by atoms with Crippen LogP contribution in [-0.2, 0) is 20.7 Å². The Labute approximate surface area is 154 Å². The van der Waals surface area contributed by atoms with E-state index in [-0.39, 0.29) is 30.8 Å². The van der Waals surface area contributed by atoms with E-state index < -0.39 is 0 Å². The highest BCUT2D eigenvalue weighted by Gasteiger charge is 2.09. The van der Waals surface area contributed by atoms with E-state index in [0.717, 1.165) is 11.3 Å². The zero-order chi connectivity index (χ0) is 18.8. The van der Waals surface area contributed by atoms with Crippen molar-refractivity contribution >= 4 is 17.6 Å². The smallest absolute Gasteiger partial charge is 0.306 e. The van der Waals surface area contributed by atoms with Crippen molar-refractivity contribution in [2.24, 2.45) is 0 Å². The molecule has 0 spiro atoms. The van der Waals surface area contributed by atoms with Gasteiger partial charge in [0.1, 0.15) is 5.75 Å². The van der Waals surface area contributed by atoms with Gasteiger partial charge in [-0.2, -0.15) is 0 Å². The van der Waals surface area contributed by atoms with Gasteiger partial charge in [-0.3, -0.25) is 9.59 Å². The van der Waals surface area contributed by atoms with Crippen molar-refractivity contribution in [1.29, 1.82) is 0 Å². The van der Waals surface area contributed by atoms with E-state index in [9.17, 15) is 9.59 Å². The van der Waals surface area contributed by atoms with Crippen LogP contribution in [0.15, 0.2) is 54.6 Å². The second kappa shape index (κ2) is 10.2. The van der Waals surface area contributed by atoms with Crippen LogP contribution >= 0.6 is 0 Å². The first-order valence-corrected chi connectivity index (χ1v) is 8.79. The lowest BCUT2D eigenvalue weighted by atomic mass is 10.2. The Kier molecular flexibility index (Phi) is 7.68. The molecular formula is C21H25NO4. The van der Waals surface area contributed by atoms with Crippen molar-refractivity contribution in [1.82, 2.24) is 0 Å². The van der Waals surface area contributed by atoms with Crippen LogP contribution in [-0.4, -0.2) is 24.6 Å². The molecule has 0 aliphatic carbocycles. The number of nitrogens with one attached hydrogen (secondary N) is 1. The van der Waals surface area contributed by atoms with Gasteiger partial charge >= 0.3 is 5.97 Å². The Bertz CT molecular complexity index is 696. The molecule has 1 N–H and O–H groups in total. The number of anilines is 1. The molecule has 0 aliphatic heterocycles. The predicted octanol–water partition coefficient (Wildman–Crippen LogP) is 3.98. The predicted molar refractivity (Wildman–Crippen MR) is 101 cm³/mol. The molecule has 5 heteroatoms. The maximum atomic E-state index is 11.9. The minimum atomic E-state index is -0.364. The van der Waals surface area contributed by atoms with Crippen LogP contribution in [0.3, 0.4) is 0 Å². The molecule has 0 unspecified atom stereocenters. The fraction of sp³-hybridized carbons (Fsp3) is 0.333. The van der Waals surface area contributed by atoms with Gasteiger partial charge in [-0.05, 0) is 43.7 Å². The highest BCUT2D eigenvalue weighted by atomic mass is 16.5. The Hall–Kier alpha value is -2.82. The van der Waals surface area contributed by atoms with Crippen LogP contribution in [0.2, 0.25) is 0 Å². The summed E-state index contributed by atoms with van der Waals surface area (Å²) in [6.45, 7) is 4.23. The molecule has 0 aromatic heterocycles. The van der Waals surface area contributed by atoms with Gasteiger partial charge in [-0.15, -0.1) is 0 Å². The average molecular weight is 355 g/mol. The number of ether oxygens (including phenoxy) is 2. The summed E-state index contributed by atoms with van der Waals surface area (Å²) in [6.07, 6.45) is 0.927. The van der Waals surface area contributed by atoms with Gasteiger partial charge in [-0.25, -0.2) is 0 Å². The van der Waals surface area contributed by atoms with Crippen molar-refractivity contribution < 1.29 is 19.1 Å². The molecule has 26 heavy (non-hydrogen) atoms. The fourth-order valence-electron chi connectivity index (χ4n) is 2.33. The van der Waals surface area contributed by atoms with Crippen LogP contribution in [0.25, 0.3) is 0 Å². The molecule has 2 aromatic rings. The third kappa shape index (κ3) is 7.38. The van der Waals surface area contributed by atoms with Gasteiger partial charge in [0.05, 0.1) is 19.1 Å². The third-order valence-electron chi connectivity index (χ3n) is 3.56. The fourth-order valence-corrected chi connectivity index (χ4v) is 2.33. The number of hydrogen-bond acceptors (Lipinski definition) is 4. The van der Waals surface area contributed by atoms with Crippen molar-refractivity contribution in [3.63, 3.8) is 0 Å². The lowest BCUT2D eigenvalue weighted by Gasteiger charge is -2.10. The van der Waals surface area contributed by atoms with Crippen molar-refractivity contribution in [2.75, 3.05) is 11.9 Å². The van der Waals surface area contributed by atoms with E-state index in [0.29, 0.717) is 18.7 Å². The largest absolute Gasteiger partial charge is 0.491 e. The normalized spacial score (nSPS) is 10.4. The Morgan fingerprint density at radius 1 is 0.962 bits per heavy atom. The summed E-state index contributed by atoms with van der Waals surface area (Å²) in [7, 11) is 0. The lowest BCUT2D eigenvalue weighted by Crippen LogP contribution is -2.15. The van der Waals surface area contributed by atoms with Crippen molar-refractivity contribution in [3.8, 4) is 5.75 Å². The summed E-state index contributed by atoms with van der Waals surface area (Å²) in [4.78, 5) is 23.6. The molecule has 0 fully saturated rings. The van der Waals surface area contributed by atoms with Gasteiger partial charge in [-0.1, -0.05) is 30.3 Å². The zero-order valence-corrected chi connectivity index (χ0v) is 15.2. The van der Waals surface area contributed by atoms with E-state index in [1.165, 1.54) is 0 Å². The molecular weight excluding hydrogens is 330 g/mol. The molecule has 5 nitrogen and oxygen atoms in total. The maximum Gasteiger partial charge on any atom is 0.306 e. The van der Waals surface area contributed by atoms with Crippen molar-refractivity contribution in [3.05, 3.63) is 60.2 Å². The first-order chi connectivity index (χ1) is 12.5. The molecule has 0 bridgehead atoms. The number of hydrogen-bond donors (Lipinski definition) is 1. The van der Waals surface area contributed by atoms with E-state index in [4.69, 9.17) is 9.47 Å². The molecule has 0 radical (unpaired) electrons. The summed E-state index contributed by atoms with van der Waals surface area (Å²) in [5.41, 5.74) is 1.78. The summed E-state index contributed by atoms with van der Waals surface area (Å²) in [6, 6.07) is 16.9. The number of esters is 1. The van der Waals surface area contributed by atoms with Crippen LogP contribution in [0, 0.1) is 0 Å². The van der Waals surface area contributed by atoms with E-state index in [1.54, 1.807) is 24.3 Å². The Morgan fingerprint density at radius 2 is 1.65 bits per heavy atom. The number of benzene rings is 2. The Morgan fingerprint density at radius 3 is 2.31 bits per heavy atom. The highest BCUT2D eigenvalue weighted by Crippen LogP contribution is 2.17. The second-order valence-electron chi connectivity index (χ2n) is 6.20. The van der Waals surface area contributed by atoms with E-state index in [2.05, 4.69) is 5.32 Å². The average Bonchev–Trinajstić information content (AvgIpc) is 2.62. The van der Waals surface area contributed by atoms with E-state index >= 15 is 0 Å². The molecule has 0 saturated carbocycles. The lowest BCUT2D eigenvalue weighted by molar-refractivity contribution is -0.144. The van der Waals surface area contributed by atoms with Gasteiger partial charge < -0.3 is 14.8 Å². The van der Waals surface area contributed by atoms with Gasteiger partial charge in [0.25, 0.3) is 0 Å². The number of carbonyl (C=O) groups excluding carboxylic acids is 2. The first kappa shape index (κ1) is 19.5. The van der Waals surface area contributed by atoms with Crippen LogP contribution in [0.5, 0.6) is 5.75 Å². The van der Waals surface area contributed by atoms with Crippen LogP contribution in [0.4, 0.5) is 5.69 Å². The van der Waals surface area contributed by atoms with Gasteiger partial charge in [0, 0.05) is 18.5 Å². The second-order valence-corrected chi connectivity index (χ2v) is 6.20. The highest BCUT2D eigenvalue weighted by molar-refractivity contribution is 5.92. The SMILES string of the molecule is CC(C)Oc1ccc(NC(=O)CCC(=O)OCCc2ccccc2)cc1.